The van der Waals surface area contributed by atoms with Gasteiger partial charge < -0.3 is 14.3 Å². The molecule has 0 bridgehead atoms. The third-order valence-corrected chi connectivity index (χ3v) is 3.34. The van der Waals surface area contributed by atoms with Crippen molar-refractivity contribution in [2.75, 3.05) is 0 Å². The van der Waals surface area contributed by atoms with Crippen LogP contribution in [0.2, 0.25) is 0 Å². The van der Waals surface area contributed by atoms with Gasteiger partial charge in [0.05, 0.1) is 12.8 Å². The lowest BCUT2D eigenvalue weighted by atomic mass is 9.97. The lowest BCUT2D eigenvalue weighted by Gasteiger charge is -2.22. The van der Waals surface area contributed by atoms with Gasteiger partial charge in [-0.25, -0.2) is 4.98 Å². The fourth-order valence-electron chi connectivity index (χ4n) is 2.31. The van der Waals surface area contributed by atoms with E-state index < -0.39 is 0 Å². The highest BCUT2D eigenvalue weighted by molar-refractivity contribution is 5.78. The summed E-state index contributed by atoms with van der Waals surface area (Å²) in [5.41, 5.74) is 0. The molecule has 2 aromatic rings. The van der Waals surface area contributed by atoms with Crippen molar-refractivity contribution in [2.45, 2.75) is 25.9 Å². The third kappa shape index (κ3) is 2.16. The van der Waals surface area contributed by atoms with Crippen LogP contribution in [-0.2, 0) is 24.3 Å². The van der Waals surface area contributed by atoms with Gasteiger partial charge in [0, 0.05) is 31.3 Å². The van der Waals surface area contributed by atoms with Gasteiger partial charge in [0.25, 0.3) is 0 Å². The largest absolute Gasteiger partial charge is 0.467 e. The second-order valence-corrected chi connectivity index (χ2v) is 4.52. The molecule has 0 fully saturated rings. The number of hydrogen-bond acceptors (Lipinski definition) is 3. The molecule has 0 saturated carbocycles. The minimum atomic E-state index is 0.0230. The van der Waals surface area contributed by atoms with Gasteiger partial charge in [0.1, 0.15) is 11.6 Å². The molecular weight excluding hydrogens is 230 g/mol. The lowest BCUT2D eigenvalue weighted by Crippen LogP contribution is -2.34. The van der Waals surface area contributed by atoms with Crippen molar-refractivity contribution < 1.29 is 9.21 Å². The minimum Gasteiger partial charge on any atom is -0.467 e. The van der Waals surface area contributed by atoms with Crippen LogP contribution in [0.5, 0.6) is 0 Å². The zero-order chi connectivity index (χ0) is 12.4. The van der Waals surface area contributed by atoms with Gasteiger partial charge in [0.2, 0.25) is 5.91 Å². The number of aromatic nitrogens is 2. The lowest BCUT2D eigenvalue weighted by molar-refractivity contribution is -0.125. The van der Waals surface area contributed by atoms with E-state index >= 15 is 0 Å². The normalized spacial score (nSPS) is 18.3. The molecule has 1 aliphatic rings. The monoisotopic (exact) mass is 245 g/mol. The molecule has 1 N–H and O–H groups in total. The Morgan fingerprint density at radius 1 is 1.61 bits per heavy atom. The van der Waals surface area contributed by atoms with Crippen molar-refractivity contribution in [2.24, 2.45) is 5.92 Å². The van der Waals surface area contributed by atoms with Gasteiger partial charge in [-0.2, -0.15) is 0 Å². The Morgan fingerprint density at radius 3 is 3.39 bits per heavy atom. The van der Waals surface area contributed by atoms with E-state index in [0.717, 1.165) is 31.0 Å². The molecule has 1 unspecified atom stereocenters. The van der Waals surface area contributed by atoms with Crippen molar-refractivity contribution in [1.29, 1.82) is 0 Å². The fraction of sp³-hybridized carbons (Fsp3) is 0.385. The molecule has 94 valence electrons. The fourth-order valence-corrected chi connectivity index (χ4v) is 2.31. The summed E-state index contributed by atoms with van der Waals surface area (Å²) in [6, 6.07) is 3.67. The highest BCUT2D eigenvalue weighted by atomic mass is 16.3. The first-order valence-electron chi connectivity index (χ1n) is 6.13. The number of fused-ring (bicyclic) bond motifs is 1. The maximum Gasteiger partial charge on any atom is 0.224 e. The van der Waals surface area contributed by atoms with E-state index in [0.29, 0.717) is 6.54 Å². The number of hydrogen-bond donors (Lipinski definition) is 1. The number of nitrogens with one attached hydrogen (secondary N) is 1. The second-order valence-electron chi connectivity index (χ2n) is 4.52. The van der Waals surface area contributed by atoms with Gasteiger partial charge in [0.15, 0.2) is 0 Å². The first kappa shape index (κ1) is 11.1. The molecule has 1 amide bonds. The predicted molar refractivity (Wildman–Crippen MR) is 64.6 cm³/mol. The summed E-state index contributed by atoms with van der Waals surface area (Å²) in [6.45, 7) is 1.32. The van der Waals surface area contributed by atoms with Gasteiger partial charge in [-0.3, -0.25) is 4.79 Å². The van der Waals surface area contributed by atoms with E-state index in [1.807, 2.05) is 18.3 Å². The van der Waals surface area contributed by atoms with Gasteiger partial charge in [-0.05, 0) is 18.6 Å². The topological polar surface area (TPSA) is 60.1 Å². The van der Waals surface area contributed by atoms with Crippen molar-refractivity contribution in [1.82, 2.24) is 14.9 Å². The molecule has 0 saturated heterocycles. The molecular formula is C13H15N3O2. The number of imidazole rings is 1. The van der Waals surface area contributed by atoms with E-state index in [2.05, 4.69) is 14.9 Å². The molecule has 0 radical (unpaired) electrons. The van der Waals surface area contributed by atoms with Crippen LogP contribution in [0.3, 0.4) is 0 Å². The summed E-state index contributed by atoms with van der Waals surface area (Å²) in [5.74, 6) is 1.88. The van der Waals surface area contributed by atoms with E-state index in [1.165, 1.54) is 0 Å². The molecule has 1 aliphatic heterocycles. The Labute approximate surface area is 105 Å². The van der Waals surface area contributed by atoms with E-state index in [-0.39, 0.29) is 11.8 Å². The van der Waals surface area contributed by atoms with Gasteiger partial charge in [-0.1, -0.05) is 0 Å². The summed E-state index contributed by atoms with van der Waals surface area (Å²) in [4.78, 5) is 16.3. The van der Waals surface area contributed by atoms with Crippen LogP contribution < -0.4 is 5.32 Å². The van der Waals surface area contributed by atoms with Crippen LogP contribution in [0.15, 0.2) is 35.2 Å². The van der Waals surface area contributed by atoms with E-state index in [1.54, 1.807) is 12.5 Å². The minimum absolute atomic E-state index is 0.0230. The third-order valence-electron chi connectivity index (χ3n) is 3.34. The molecule has 3 rings (SSSR count). The molecule has 5 heteroatoms. The Kier molecular flexibility index (Phi) is 2.88. The van der Waals surface area contributed by atoms with Crippen molar-refractivity contribution >= 4 is 5.91 Å². The number of rotatable bonds is 3. The number of amides is 1. The highest BCUT2D eigenvalue weighted by Gasteiger charge is 2.25. The molecule has 3 heterocycles. The van der Waals surface area contributed by atoms with Crippen molar-refractivity contribution in [3.8, 4) is 0 Å². The number of furan rings is 1. The summed E-state index contributed by atoms with van der Waals surface area (Å²) in [6.07, 6.45) is 6.95. The van der Waals surface area contributed by atoms with Crippen molar-refractivity contribution in [3.05, 3.63) is 42.4 Å². The zero-order valence-electron chi connectivity index (χ0n) is 10.0. The first-order valence-corrected chi connectivity index (χ1v) is 6.13. The van der Waals surface area contributed by atoms with Crippen LogP contribution >= 0.6 is 0 Å². The number of aryl methyl sites for hydroxylation is 1. The number of carbonyl (C=O) groups excluding carboxylic acids is 1. The molecule has 2 aromatic heterocycles. The zero-order valence-corrected chi connectivity index (χ0v) is 10.0. The van der Waals surface area contributed by atoms with Crippen molar-refractivity contribution in [3.63, 3.8) is 0 Å². The molecule has 1 atom stereocenters. The Morgan fingerprint density at radius 2 is 2.56 bits per heavy atom. The maximum atomic E-state index is 12.0. The van der Waals surface area contributed by atoms with Crippen LogP contribution in [0.1, 0.15) is 18.0 Å². The molecule has 0 spiro atoms. The van der Waals surface area contributed by atoms with Crippen LogP contribution in [0.4, 0.5) is 0 Å². The second kappa shape index (κ2) is 4.68. The van der Waals surface area contributed by atoms with Crippen LogP contribution in [0, 0.1) is 5.92 Å². The molecule has 0 aromatic carbocycles. The molecule has 18 heavy (non-hydrogen) atoms. The predicted octanol–water partition coefficient (Wildman–Crippen LogP) is 1.35. The number of carbonyl (C=O) groups is 1. The Hall–Kier alpha value is -2.04. The van der Waals surface area contributed by atoms with Crippen LogP contribution in [0.25, 0.3) is 0 Å². The molecule has 5 nitrogen and oxygen atoms in total. The first-order chi connectivity index (χ1) is 8.83. The summed E-state index contributed by atoms with van der Waals surface area (Å²) in [7, 11) is 0. The van der Waals surface area contributed by atoms with Gasteiger partial charge >= 0.3 is 0 Å². The summed E-state index contributed by atoms with van der Waals surface area (Å²) < 4.78 is 7.29. The SMILES string of the molecule is O=C(NCc1ccco1)C1CCn2ccnc2C1. The van der Waals surface area contributed by atoms with Gasteiger partial charge in [-0.15, -0.1) is 0 Å². The Balaban J connectivity index is 1.57. The highest BCUT2D eigenvalue weighted by Crippen LogP contribution is 2.19. The Bertz CT molecular complexity index is 530. The quantitative estimate of drug-likeness (QED) is 0.888. The smallest absolute Gasteiger partial charge is 0.224 e. The summed E-state index contributed by atoms with van der Waals surface area (Å²) in [5, 5.41) is 2.91. The standard InChI is InChI=1S/C13H15N3O2/c17-13(15-9-11-2-1-7-18-11)10-3-5-16-6-4-14-12(16)8-10/h1-2,4,6-7,10H,3,5,8-9H2,(H,15,17). The maximum absolute atomic E-state index is 12.0. The average molecular weight is 245 g/mol. The average Bonchev–Trinajstić information content (AvgIpc) is 3.05. The summed E-state index contributed by atoms with van der Waals surface area (Å²) >= 11 is 0. The molecule has 0 aliphatic carbocycles. The van der Waals surface area contributed by atoms with Crippen LogP contribution in [-0.4, -0.2) is 15.5 Å². The van der Waals surface area contributed by atoms with E-state index in [9.17, 15) is 4.79 Å². The van der Waals surface area contributed by atoms with E-state index in [4.69, 9.17) is 4.42 Å². The number of nitrogens with zero attached hydrogens (tertiary/aromatic N) is 2.